The first-order chi connectivity index (χ1) is 9.61. The maximum absolute atomic E-state index is 12.3. The molecule has 2 N–H and O–H groups in total. The topological polar surface area (TPSA) is 95.5 Å². The Bertz CT molecular complexity index is 623. The number of nitrogens with one attached hydrogen (secondary N) is 1. The summed E-state index contributed by atoms with van der Waals surface area (Å²) in [4.78, 5) is 31.4. The van der Waals surface area contributed by atoms with Crippen molar-refractivity contribution >= 4 is 22.9 Å². The largest absolute Gasteiger partial charge is 0.480 e. The molecular formula is C13H15N3O4. The number of imidazole rings is 1. The molecule has 0 unspecified atom stereocenters. The first-order valence-corrected chi connectivity index (χ1v) is 6.05. The van der Waals surface area contributed by atoms with Crippen LogP contribution in [-0.4, -0.2) is 58.7 Å². The van der Waals surface area contributed by atoms with Gasteiger partial charge in [-0.05, 0) is 18.2 Å². The third kappa shape index (κ3) is 3.12. The van der Waals surface area contributed by atoms with E-state index in [1.807, 2.05) is 0 Å². The summed E-state index contributed by atoms with van der Waals surface area (Å²) in [5.41, 5.74) is 1.90. The van der Waals surface area contributed by atoms with Gasteiger partial charge in [-0.2, -0.15) is 0 Å². The zero-order valence-electron chi connectivity index (χ0n) is 11.0. The van der Waals surface area contributed by atoms with Crippen LogP contribution >= 0.6 is 0 Å². The number of aliphatic carboxylic acids is 1. The molecule has 0 aliphatic rings. The van der Waals surface area contributed by atoms with Gasteiger partial charge in [-0.25, -0.2) is 4.98 Å². The summed E-state index contributed by atoms with van der Waals surface area (Å²) >= 11 is 0. The number of hydrogen-bond acceptors (Lipinski definition) is 4. The third-order valence-electron chi connectivity index (χ3n) is 2.85. The second kappa shape index (κ2) is 6.16. The number of hydrogen-bond donors (Lipinski definition) is 2. The highest BCUT2D eigenvalue weighted by Gasteiger charge is 2.18. The molecule has 2 rings (SSSR count). The number of carbonyl (C=O) groups is 2. The quantitative estimate of drug-likeness (QED) is 0.811. The lowest BCUT2D eigenvalue weighted by Crippen LogP contribution is -2.38. The fourth-order valence-electron chi connectivity index (χ4n) is 1.87. The Kier molecular flexibility index (Phi) is 4.31. The van der Waals surface area contributed by atoms with E-state index < -0.39 is 5.97 Å². The molecule has 106 valence electrons. The molecule has 2 aromatic rings. The van der Waals surface area contributed by atoms with Crippen molar-refractivity contribution < 1.29 is 19.4 Å². The average molecular weight is 277 g/mol. The summed E-state index contributed by atoms with van der Waals surface area (Å²) in [7, 11) is 1.50. The van der Waals surface area contributed by atoms with E-state index in [0.717, 1.165) is 11.0 Å². The van der Waals surface area contributed by atoms with Crippen LogP contribution in [0.15, 0.2) is 24.5 Å². The summed E-state index contributed by atoms with van der Waals surface area (Å²) in [6.07, 6.45) is 1.54. The standard InChI is InChI=1S/C13H15N3O4/c1-20-5-4-16(7-12(17)18)13(19)9-2-3-10-11(6-9)15-8-14-10/h2-3,6,8H,4-5,7H2,1H3,(H,14,15)(H,17,18). The zero-order valence-corrected chi connectivity index (χ0v) is 11.0. The maximum Gasteiger partial charge on any atom is 0.323 e. The molecule has 0 atom stereocenters. The summed E-state index contributed by atoms with van der Waals surface area (Å²) in [6, 6.07) is 5.01. The summed E-state index contributed by atoms with van der Waals surface area (Å²) in [6.45, 7) is 0.150. The number of benzene rings is 1. The molecule has 0 aliphatic carbocycles. The van der Waals surface area contributed by atoms with Gasteiger partial charge in [0.25, 0.3) is 5.91 Å². The first-order valence-electron chi connectivity index (χ1n) is 6.05. The first kappa shape index (κ1) is 14.0. The van der Waals surface area contributed by atoms with Crippen LogP contribution in [0.4, 0.5) is 0 Å². The maximum atomic E-state index is 12.3. The predicted molar refractivity (Wildman–Crippen MR) is 71.5 cm³/mol. The van der Waals surface area contributed by atoms with Gasteiger partial charge in [0.2, 0.25) is 0 Å². The lowest BCUT2D eigenvalue weighted by Gasteiger charge is -2.20. The smallest absolute Gasteiger partial charge is 0.323 e. The van der Waals surface area contributed by atoms with Gasteiger partial charge in [-0.15, -0.1) is 0 Å². The lowest BCUT2D eigenvalue weighted by atomic mass is 10.1. The van der Waals surface area contributed by atoms with Crippen molar-refractivity contribution in [3.63, 3.8) is 0 Å². The monoisotopic (exact) mass is 277 g/mol. The van der Waals surface area contributed by atoms with E-state index in [4.69, 9.17) is 9.84 Å². The minimum atomic E-state index is -1.06. The van der Waals surface area contributed by atoms with Gasteiger partial charge in [0.05, 0.1) is 24.0 Å². The number of nitrogens with zero attached hydrogens (tertiary/aromatic N) is 2. The van der Waals surface area contributed by atoms with Gasteiger partial charge >= 0.3 is 5.97 Å². The van der Waals surface area contributed by atoms with Crippen molar-refractivity contribution in [3.8, 4) is 0 Å². The number of aromatic nitrogens is 2. The molecule has 0 saturated carbocycles. The Morgan fingerprint density at radius 3 is 2.95 bits per heavy atom. The van der Waals surface area contributed by atoms with Gasteiger partial charge in [0.1, 0.15) is 6.54 Å². The van der Waals surface area contributed by atoms with E-state index in [-0.39, 0.29) is 25.6 Å². The molecule has 1 aromatic heterocycles. The molecular weight excluding hydrogens is 262 g/mol. The number of carboxylic acids is 1. The molecule has 1 amide bonds. The molecule has 0 bridgehead atoms. The van der Waals surface area contributed by atoms with Crippen LogP contribution < -0.4 is 0 Å². The molecule has 7 nitrogen and oxygen atoms in total. The normalized spacial score (nSPS) is 10.7. The minimum absolute atomic E-state index is 0.225. The summed E-state index contributed by atoms with van der Waals surface area (Å²) < 4.78 is 4.89. The summed E-state index contributed by atoms with van der Waals surface area (Å²) in [5, 5.41) is 8.87. The number of ether oxygens (including phenoxy) is 1. The minimum Gasteiger partial charge on any atom is -0.480 e. The fourth-order valence-corrected chi connectivity index (χ4v) is 1.87. The van der Waals surface area contributed by atoms with Crippen LogP contribution in [0.1, 0.15) is 10.4 Å². The molecule has 0 radical (unpaired) electrons. The van der Waals surface area contributed by atoms with Crippen LogP contribution in [0.2, 0.25) is 0 Å². The Morgan fingerprint density at radius 1 is 1.45 bits per heavy atom. The van der Waals surface area contributed by atoms with Crippen LogP contribution in [0.25, 0.3) is 11.0 Å². The molecule has 20 heavy (non-hydrogen) atoms. The molecule has 1 aromatic carbocycles. The Morgan fingerprint density at radius 2 is 2.25 bits per heavy atom. The van der Waals surface area contributed by atoms with E-state index in [1.165, 1.54) is 12.0 Å². The third-order valence-corrected chi connectivity index (χ3v) is 2.85. The van der Waals surface area contributed by atoms with Crippen LogP contribution in [0.3, 0.4) is 0 Å². The number of fused-ring (bicyclic) bond motifs is 1. The van der Waals surface area contributed by atoms with Gasteiger partial charge < -0.3 is 19.7 Å². The van der Waals surface area contributed by atoms with E-state index in [2.05, 4.69) is 9.97 Å². The number of aromatic amines is 1. The Labute approximate surface area is 115 Å². The number of rotatable bonds is 6. The molecule has 0 aliphatic heterocycles. The highest BCUT2D eigenvalue weighted by Crippen LogP contribution is 2.13. The second-order valence-corrected chi connectivity index (χ2v) is 4.25. The summed E-state index contributed by atoms with van der Waals surface area (Å²) in [5.74, 6) is -1.40. The van der Waals surface area contributed by atoms with E-state index in [9.17, 15) is 9.59 Å². The molecule has 0 spiro atoms. The lowest BCUT2D eigenvalue weighted by molar-refractivity contribution is -0.137. The van der Waals surface area contributed by atoms with Gasteiger partial charge in [-0.3, -0.25) is 9.59 Å². The number of methoxy groups -OCH3 is 1. The van der Waals surface area contributed by atoms with E-state index >= 15 is 0 Å². The van der Waals surface area contributed by atoms with Crippen molar-refractivity contribution in [2.45, 2.75) is 0 Å². The van der Waals surface area contributed by atoms with Crippen molar-refractivity contribution in [2.24, 2.45) is 0 Å². The van der Waals surface area contributed by atoms with Crippen molar-refractivity contribution in [3.05, 3.63) is 30.1 Å². The van der Waals surface area contributed by atoms with Crippen molar-refractivity contribution in [1.29, 1.82) is 0 Å². The number of amides is 1. The molecule has 0 fully saturated rings. The highest BCUT2D eigenvalue weighted by atomic mass is 16.5. The Hall–Kier alpha value is -2.41. The van der Waals surface area contributed by atoms with E-state index in [0.29, 0.717) is 5.56 Å². The van der Waals surface area contributed by atoms with Gasteiger partial charge in [0.15, 0.2) is 0 Å². The molecule has 1 heterocycles. The fraction of sp³-hybridized carbons (Fsp3) is 0.308. The predicted octanol–water partition coefficient (Wildman–Crippen LogP) is 0.736. The van der Waals surface area contributed by atoms with Crippen LogP contribution in [0.5, 0.6) is 0 Å². The van der Waals surface area contributed by atoms with Gasteiger partial charge in [-0.1, -0.05) is 0 Å². The zero-order chi connectivity index (χ0) is 14.5. The van der Waals surface area contributed by atoms with Crippen molar-refractivity contribution in [1.82, 2.24) is 14.9 Å². The second-order valence-electron chi connectivity index (χ2n) is 4.25. The van der Waals surface area contributed by atoms with Crippen LogP contribution in [-0.2, 0) is 9.53 Å². The van der Waals surface area contributed by atoms with Crippen molar-refractivity contribution in [2.75, 3.05) is 26.8 Å². The highest BCUT2D eigenvalue weighted by molar-refractivity contribution is 5.98. The van der Waals surface area contributed by atoms with Gasteiger partial charge in [0, 0.05) is 19.2 Å². The van der Waals surface area contributed by atoms with E-state index in [1.54, 1.807) is 24.5 Å². The Balaban J connectivity index is 2.22. The molecule has 0 saturated heterocycles. The van der Waals surface area contributed by atoms with Crippen LogP contribution in [0, 0.1) is 0 Å². The SMILES string of the molecule is COCCN(CC(=O)O)C(=O)c1ccc2nc[nH]c2c1. The number of H-pyrrole nitrogens is 1. The molecule has 7 heteroatoms. The number of carboxylic acid groups (broad SMARTS) is 1. The number of carbonyl (C=O) groups excluding carboxylic acids is 1. The average Bonchev–Trinajstić information content (AvgIpc) is 2.89.